The van der Waals surface area contributed by atoms with Gasteiger partial charge in [0.2, 0.25) is 0 Å². The lowest BCUT2D eigenvalue weighted by Gasteiger charge is -2.23. The first-order valence-corrected chi connectivity index (χ1v) is 9.32. The van der Waals surface area contributed by atoms with Crippen LogP contribution in [0.3, 0.4) is 0 Å². The average Bonchev–Trinajstić information content (AvgIpc) is 3.22. The average molecular weight is 323 g/mol. The SMILES string of the molecule is CCNC(=NCC(C)N(C)C1CC1)NCC(C)c1ccsc1. The lowest BCUT2D eigenvalue weighted by molar-refractivity contribution is 0.253. The molecule has 0 bridgehead atoms. The molecule has 124 valence electrons. The van der Waals surface area contributed by atoms with Gasteiger partial charge in [0.1, 0.15) is 0 Å². The van der Waals surface area contributed by atoms with Gasteiger partial charge in [-0.1, -0.05) is 6.92 Å². The van der Waals surface area contributed by atoms with E-state index in [0.29, 0.717) is 12.0 Å². The Morgan fingerprint density at radius 2 is 2.18 bits per heavy atom. The van der Waals surface area contributed by atoms with Gasteiger partial charge in [0, 0.05) is 25.2 Å². The summed E-state index contributed by atoms with van der Waals surface area (Å²) in [5, 5.41) is 11.2. The Hall–Kier alpha value is -1.07. The van der Waals surface area contributed by atoms with E-state index in [1.807, 2.05) is 0 Å². The van der Waals surface area contributed by atoms with E-state index < -0.39 is 0 Å². The molecule has 0 aliphatic heterocycles. The fourth-order valence-electron chi connectivity index (χ4n) is 2.46. The molecule has 1 fully saturated rings. The van der Waals surface area contributed by atoms with E-state index in [1.54, 1.807) is 11.3 Å². The first-order valence-electron chi connectivity index (χ1n) is 8.38. The van der Waals surface area contributed by atoms with Crippen LogP contribution in [-0.4, -0.2) is 49.6 Å². The van der Waals surface area contributed by atoms with Crippen molar-refractivity contribution in [3.8, 4) is 0 Å². The van der Waals surface area contributed by atoms with Gasteiger partial charge in [-0.05, 0) is 62.0 Å². The summed E-state index contributed by atoms with van der Waals surface area (Å²) < 4.78 is 0. The van der Waals surface area contributed by atoms with Crippen LogP contribution in [0.5, 0.6) is 0 Å². The molecule has 2 unspecified atom stereocenters. The third-order valence-electron chi connectivity index (χ3n) is 4.36. The summed E-state index contributed by atoms with van der Waals surface area (Å²) in [5.41, 5.74) is 1.40. The van der Waals surface area contributed by atoms with Gasteiger partial charge >= 0.3 is 0 Å². The van der Waals surface area contributed by atoms with E-state index in [-0.39, 0.29) is 0 Å². The van der Waals surface area contributed by atoms with Crippen molar-refractivity contribution in [2.45, 2.75) is 51.6 Å². The summed E-state index contributed by atoms with van der Waals surface area (Å²) >= 11 is 1.76. The maximum absolute atomic E-state index is 4.75. The van der Waals surface area contributed by atoms with Crippen molar-refractivity contribution < 1.29 is 0 Å². The molecule has 5 heteroatoms. The molecule has 2 rings (SSSR count). The van der Waals surface area contributed by atoms with Crippen LogP contribution in [0.25, 0.3) is 0 Å². The van der Waals surface area contributed by atoms with Crippen LogP contribution >= 0.6 is 11.3 Å². The topological polar surface area (TPSA) is 39.7 Å². The van der Waals surface area contributed by atoms with E-state index in [2.05, 4.69) is 60.2 Å². The zero-order valence-corrected chi connectivity index (χ0v) is 15.1. The maximum Gasteiger partial charge on any atom is 0.191 e. The van der Waals surface area contributed by atoms with Gasteiger partial charge < -0.3 is 10.6 Å². The molecule has 0 radical (unpaired) electrons. The van der Waals surface area contributed by atoms with Crippen LogP contribution in [-0.2, 0) is 0 Å². The normalized spacial score (nSPS) is 18.3. The van der Waals surface area contributed by atoms with E-state index in [0.717, 1.165) is 31.6 Å². The van der Waals surface area contributed by atoms with Crippen LogP contribution in [0.2, 0.25) is 0 Å². The highest BCUT2D eigenvalue weighted by molar-refractivity contribution is 7.07. The Labute approximate surface area is 139 Å². The van der Waals surface area contributed by atoms with Gasteiger partial charge in [-0.2, -0.15) is 11.3 Å². The number of aliphatic imine (C=N–C) groups is 1. The number of nitrogens with one attached hydrogen (secondary N) is 2. The lowest BCUT2D eigenvalue weighted by Crippen LogP contribution is -2.40. The molecule has 0 aromatic carbocycles. The molecule has 1 aromatic heterocycles. The number of likely N-dealkylation sites (N-methyl/N-ethyl adjacent to an activating group) is 1. The number of rotatable bonds is 8. The molecule has 1 saturated carbocycles. The Kier molecular flexibility index (Phi) is 6.70. The van der Waals surface area contributed by atoms with Gasteiger partial charge in [-0.15, -0.1) is 0 Å². The molecular weight excluding hydrogens is 292 g/mol. The van der Waals surface area contributed by atoms with Gasteiger partial charge in [0.25, 0.3) is 0 Å². The van der Waals surface area contributed by atoms with E-state index in [4.69, 9.17) is 4.99 Å². The van der Waals surface area contributed by atoms with Crippen LogP contribution < -0.4 is 10.6 Å². The molecule has 0 spiro atoms. The Bertz CT molecular complexity index is 453. The quantitative estimate of drug-likeness (QED) is 0.571. The zero-order chi connectivity index (χ0) is 15.9. The summed E-state index contributed by atoms with van der Waals surface area (Å²) in [6.45, 7) is 9.27. The lowest BCUT2D eigenvalue weighted by atomic mass is 10.1. The molecule has 1 aromatic rings. The highest BCUT2D eigenvalue weighted by atomic mass is 32.1. The minimum Gasteiger partial charge on any atom is -0.357 e. The van der Waals surface area contributed by atoms with Crippen LogP contribution in [0.1, 0.15) is 45.1 Å². The standard InChI is InChI=1S/C17H30N4S/c1-5-18-17(19-10-13(2)15-8-9-22-12-15)20-11-14(3)21(4)16-6-7-16/h8-9,12-14,16H,5-7,10-11H2,1-4H3,(H2,18,19,20). The molecule has 22 heavy (non-hydrogen) atoms. The van der Waals surface area contributed by atoms with Crippen molar-refractivity contribution in [3.05, 3.63) is 22.4 Å². The summed E-state index contributed by atoms with van der Waals surface area (Å²) in [4.78, 5) is 7.21. The largest absolute Gasteiger partial charge is 0.357 e. The second-order valence-corrected chi connectivity index (χ2v) is 7.08. The minimum atomic E-state index is 0.497. The number of thiophene rings is 1. The van der Waals surface area contributed by atoms with Crippen LogP contribution in [0.15, 0.2) is 21.8 Å². The number of nitrogens with zero attached hydrogens (tertiary/aromatic N) is 2. The third-order valence-corrected chi connectivity index (χ3v) is 5.07. The predicted molar refractivity (Wildman–Crippen MR) is 97.0 cm³/mol. The van der Waals surface area contributed by atoms with Gasteiger partial charge in [0.05, 0.1) is 6.54 Å². The van der Waals surface area contributed by atoms with Crippen molar-refractivity contribution in [2.24, 2.45) is 4.99 Å². The fraction of sp³-hybridized carbons (Fsp3) is 0.706. The smallest absolute Gasteiger partial charge is 0.191 e. The van der Waals surface area contributed by atoms with Crippen molar-refractivity contribution in [3.63, 3.8) is 0 Å². The summed E-state index contributed by atoms with van der Waals surface area (Å²) in [7, 11) is 2.22. The van der Waals surface area contributed by atoms with Crippen molar-refractivity contribution in [2.75, 3.05) is 26.7 Å². The molecule has 0 amide bonds. The highest BCUT2D eigenvalue weighted by Crippen LogP contribution is 2.26. The molecular formula is C17H30N4S. The van der Waals surface area contributed by atoms with E-state index >= 15 is 0 Å². The van der Waals surface area contributed by atoms with Crippen molar-refractivity contribution in [1.82, 2.24) is 15.5 Å². The summed E-state index contributed by atoms with van der Waals surface area (Å²) in [5.74, 6) is 1.43. The minimum absolute atomic E-state index is 0.497. The van der Waals surface area contributed by atoms with Gasteiger partial charge in [-0.25, -0.2) is 0 Å². The molecule has 2 N–H and O–H groups in total. The van der Waals surface area contributed by atoms with Gasteiger partial charge in [-0.3, -0.25) is 9.89 Å². The molecule has 4 nitrogen and oxygen atoms in total. The van der Waals surface area contributed by atoms with Crippen LogP contribution in [0, 0.1) is 0 Å². The summed E-state index contributed by atoms with van der Waals surface area (Å²) in [6, 6.07) is 3.49. The molecule has 1 aliphatic carbocycles. The fourth-order valence-corrected chi connectivity index (χ4v) is 3.24. The molecule has 1 aliphatic rings. The first kappa shape index (κ1) is 17.3. The van der Waals surface area contributed by atoms with E-state index in [9.17, 15) is 0 Å². The predicted octanol–water partition coefficient (Wildman–Crippen LogP) is 2.89. The second-order valence-electron chi connectivity index (χ2n) is 6.30. The maximum atomic E-state index is 4.75. The zero-order valence-electron chi connectivity index (χ0n) is 14.3. The summed E-state index contributed by atoms with van der Waals surface area (Å²) in [6.07, 6.45) is 2.70. The molecule has 0 saturated heterocycles. The van der Waals surface area contributed by atoms with Crippen LogP contribution in [0.4, 0.5) is 0 Å². The third kappa shape index (κ3) is 5.29. The number of guanidine groups is 1. The van der Waals surface area contributed by atoms with E-state index in [1.165, 1.54) is 18.4 Å². The number of hydrogen-bond donors (Lipinski definition) is 2. The Morgan fingerprint density at radius 3 is 2.77 bits per heavy atom. The van der Waals surface area contributed by atoms with Gasteiger partial charge in [0.15, 0.2) is 5.96 Å². The first-order chi connectivity index (χ1) is 10.6. The van der Waals surface area contributed by atoms with Crippen molar-refractivity contribution >= 4 is 17.3 Å². The second kappa shape index (κ2) is 8.53. The molecule has 2 atom stereocenters. The Morgan fingerprint density at radius 1 is 1.41 bits per heavy atom. The monoisotopic (exact) mass is 322 g/mol. The van der Waals surface area contributed by atoms with Crippen molar-refractivity contribution in [1.29, 1.82) is 0 Å². The highest BCUT2D eigenvalue weighted by Gasteiger charge is 2.28. The molecule has 1 heterocycles. The Balaban J connectivity index is 1.81. The number of hydrogen-bond acceptors (Lipinski definition) is 3.